The number of hydrogen-bond acceptors (Lipinski definition) is 0. The highest BCUT2D eigenvalue weighted by molar-refractivity contribution is 4.65. The van der Waals surface area contributed by atoms with Crippen LogP contribution in [0.5, 0.6) is 0 Å². The highest BCUT2D eigenvalue weighted by atomic mass is 14.2. The Morgan fingerprint density at radius 3 is 1.47 bits per heavy atom. The molecule has 0 aromatic heterocycles. The van der Waals surface area contributed by atoms with Gasteiger partial charge in [0.15, 0.2) is 0 Å². The van der Waals surface area contributed by atoms with E-state index in [0.717, 1.165) is 17.8 Å². The predicted octanol–water partition coefficient (Wildman–Crippen LogP) is 7.08. The molecule has 0 heteroatoms. The third-order valence-electron chi connectivity index (χ3n) is 4.26. The van der Waals surface area contributed by atoms with Crippen molar-refractivity contribution < 1.29 is 0 Å². The lowest BCUT2D eigenvalue weighted by atomic mass is 9.85. The van der Waals surface area contributed by atoms with Gasteiger partial charge >= 0.3 is 0 Å². The van der Waals surface area contributed by atoms with Crippen LogP contribution in [0.4, 0.5) is 0 Å². The predicted molar refractivity (Wildman–Crippen MR) is 89.6 cm³/mol. The van der Waals surface area contributed by atoms with E-state index in [1.807, 2.05) is 0 Å². The molecule has 0 bridgehead atoms. The zero-order valence-corrected chi connectivity index (χ0v) is 14.9. The first-order valence-corrected chi connectivity index (χ1v) is 8.70. The van der Waals surface area contributed by atoms with Crippen LogP contribution >= 0.6 is 0 Å². The average Bonchev–Trinajstić information content (AvgIpc) is 2.25. The lowest BCUT2D eigenvalue weighted by Gasteiger charge is -2.21. The molecular weight excluding hydrogens is 228 g/mol. The summed E-state index contributed by atoms with van der Waals surface area (Å²) in [7, 11) is 0. The smallest absolute Gasteiger partial charge is 0.0383 e. The molecule has 0 aliphatic carbocycles. The molecule has 116 valence electrons. The molecule has 0 aromatic carbocycles. The largest absolute Gasteiger partial charge is 0.0628 e. The molecule has 2 atom stereocenters. The van der Waals surface area contributed by atoms with Gasteiger partial charge in [-0.15, -0.1) is 0 Å². The van der Waals surface area contributed by atoms with Crippen molar-refractivity contribution in [2.75, 3.05) is 0 Å². The summed E-state index contributed by atoms with van der Waals surface area (Å²) in [6.45, 7) is 16.6. The maximum Gasteiger partial charge on any atom is -0.0383 e. The molecule has 0 spiro atoms. The number of hydrogen-bond donors (Lipinski definition) is 0. The van der Waals surface area contributed by atoms with E-state index in [9.17, 15) is 0 Å². The van der Waals surface area contributed by atoms with E-state index in [-0.39, 0.29) is 0 Å². The van der Waals surface area contributed by atoms with Crippen LogP contribution in [0.25, 0.3) is 0 Å². The minimum absolute atomic E-state index is 0.512. The minimum atomic E-state index is 0.512. The molecule has 19 heavy (non-hydrogen) atoms. The van der Waals surface area contributed by atoms with E-state index in [1.54, 1.807) is 0 Å². The Kier molecular flexibility index (Phi) is 9.83. The van der Waals surface area contributed by atoms with Crippen LogP contribution in [0.15, 0.2) is 0 Å². The summed E-state index contributed by atoms with van der Waals surface area (Å²) >= 11 is 0. The summed E-state index contributed by atoms with van der Waals surface area (Å²) in [5, 5.41) is 0. The summed E-state index contributed by atoms with van der Waals surface area (Å²) in [6, 6.07) is 0. The van der Waals surface area contributed by atoms with E-state index >= 15 is 0 Å². The Hall–Kier alpha value is 0. The summed E-state index contributed by atoms with van der Waals surface area (Å²) in [6.07, 6.45) is 11.4. The van der Waals surface area contributed by atoms with Crippen LogP contribution in [-0.4, -0.2) is 0 Å². The fraction of sp³-hybridized carbons (Fsp3) is 1.00. The van der Waals surface area contributed by atoms with E-state index in [1.165, 1.54) is 51.4 Å². The van der Waals surface area contributed by atoms with Crippen molar-refractivity contribution in [3.63, 3.8) is 0 Å². The Labute approximate surface area is 123 Å². The van der Waals surface area contributed by atoms with E-state index in [2.05, 4.69) is 48.5 Å². The van der Waals surface area contributed by atoms with Crippen LogP contribution in [0.3, 0.4) is 0 Å². The van der Waals surface area contributed by atoms with Gasteiger partial charge in [0.1, 0.15) is 0 Å². The van der Waals surface area contributed by atoms with Crippen molar-refractivity contribution in [1.29, 1.82) is 0 Å². The van der Waals surface area contributed by atoms with Crippen molar-refractivity contribution in [2.45, 2.75) is 99.8 Å². The topological polar surface area (TPSA) is 0 Å². The third-order valence-corrected chi connectivity index (χ3v) is 4.26. The first kappa shape index (κ1) is 19.0. The normalized spacial score (nSPS) is 15.8. The second-order valence-corrected chi connectivity index (χ2v) is 8.57. The number of rotatable bonds is 10. The first-order valence-electron chi connectivity index (χ1n) is 8.70. The van der Waals surface area contributed by atoms with Gasteiger partial charge in [-0.2, -0.15) is 0 Å². The van der Waals surface area contributed by atoms with Gasteiger partial charge in [0, 0.05) is 0 Å². The highest BCUT2D eigenvalue weighted by Crippen LogP contribution is 2.26. The molecule has 0 amide bonds. The molecule has 0 saturated heterocycles. The zero-order valence-electron chi connectivity index (χ0n) is 14.9. The average molecular weight is 269 g/mol. The third kappa shape index (κ3) is 14.2. The fourth-order valence-corrected chi connectivity index (χ4v) is 2.66. The Balaban J connectivity index is 3.50. The van der Waals surface area contributed by atoms with Crippen molar-refractivity contribution in [3.05, 3.63) is 0 Å². The van der Waals surface area contributed by atoms with Gasteiger partial charge in [-0.1, -0.05) is 93.4 Å². The van der Waals surface area contributed by atoms with Gasteiger partial charge in [0.2, 0.25) is 0 Å². The van der Waals surface area contributed by atoms with Gasteiger partial charge in [0.25, 0.3) is 0 Å². The highest BCUT2D eigenvalue weighted by Gasteiger charge is 2.12. The van der Waals surface area contributed by atoms with E-state index in [4.69, 9.17) is 0 Å². The molecule has 0 N–H and O–H groups in total. The Bertz CT molecular complexity index is 197. The SMILES string of the molecule is CC(C)CCC[C@H](C)CCC[C@H](C)CCC(C)(C)C. The molecule has 0 rings (SSSR count). The van der Waals surface area contributed by atoms with Crippen molar-refractivity contribution in [3.8, 4) is 0 Å². The molecule has 0 unspecified atom stereocenters. The molecule has 0 aliphatic rings. The van der Waals surface area contributed by atoms with Crippen LogP contribution in [-0.2, 0) is 0 Å². The van der Waals surface area contributed by atoms with E-state index in [0.29, 0.717) is 5.41 Å². The molecule has 0 radical (unpaired) electrons. The molecule has 0 heterocycles. The monoisotopic (exact) mass is 268 g/mol. The van der Waals surface area contributed by atoms with Crippen LogP contribution in [0, 0.1) is 23.2 Å². The van der Waals surface area contributed by atoms with E-state index < -0.39 is 0 Å². The standard InChI is InChI=1S/C19H40/c1-16(2)10-8-11-17(3)12-9-13-18(4)14-15-19(5,6)7/h16-18H,8-15H2,1-7H3/t17-,18-/m0/s1. The van der Waals surface area contributed by atoms with Gasteiger partial charge < -0.3 is 0 Å². The lowest BCUT2D eigenvalue weighted by molar-refractivity contribution is 0.314. The molecule has 0 aromatic rings. The molecule has 0 aliphatic heterocycles. The second-order valence-electron chi connectivity index (χ2n) is 8.57. The van der Waals surface area contributed by atoms with Crippen LogP contribution in [0.1, 0.15) is 99.8 Å². The van der Waals surface area contributed by atoms with Crippen molar-refractivity contribution in [1.82, 2.24) is 0 Å². The molecule has 0 fully saturated rings. The quantitative estimate of drug-likeness (QED) is 0.397. The maximum atomic E-state index is 2.44. The first-order chi connectivity index (χ1) is 8.70. The minimum Gasteiger partial charge on any atom is -0.0628 e. The molecular formula is C19H40. The van der Waals surface area contributed by atoms with Gasteiger partial charge in [-0.05, 0) is 29.6 Å². The summed E-state index contributed by atoms with van der Waals surface area (Å²) in [5.41, 5.74) is 0.512. The molecule has 0 nitrogen and oxygen atoms in total. The Morgan fingerprint density at radius 1 is 0.632 bits per heavy atom. The maximum absolute atomic E-state index is 2.44. The van der Waals surface area contributed by atoms with Crippen molar-refractivity contribution in [2.24, 2.45) is 23.2 Å². The summed E-state index contributed by atoms with van der Waals surface area (Å²) < 4.78 is 0. The summed E-state index contributed by atoms with van der Waals surface area (Å²) in [4.78, 5) is 0. The van der Waals surface area contributed by atoms with Crippen LogP contribution < -0.4 is 0 Å². The molecule has 0 saturated carbocycles. The Morgan fingerprint density at radius 2 is 1.05 bits per heavy atom. The van der Waals surface area contributed by atoms with Gasteiger partial charge in [-0.3, -0.25) is 0 Å². The van der Waals surface area contributed by atoms with Crippen molar-refractivity contribution >= 4 is 0 Å². The summed E-state index contributed by atoms with van der Waals surface area (Å²) in [5.74, 6) is 2.74. The zero-order chi connectivity index (χ0) is 14.9. The van der Waals surface area contributed by atoms with Gasteiger partial charge in [-0.25, -0.2) is 0 Å². The fourth-order valence-electron chi connectivity index (χ4n) is 2.66. The van der Waals surface area contributed by atoms with Gasteiger partial charge in [0.05, 0.1) is 0 Å². The second kappa shape index (κ2) is 9.83. The van der Waals surface area contributed by atoms with Crippen LogP contribution in [0.2, 0.25) is 0 Å². The lowest BCUT2D eigenvalue weighted by Crippen LogP contribution is -2.08.